The van der Waals surface area contributed by atoms with E-state index in [4.69, 9.17) is 19.6 Å². The van der Waals surface area contributed by atoms with E-state index < -0.39 is 29.8 Å². The van der Waals surface area contributed by atoms with Gasteiger partial charge in [-0.3, -0.25) is 4.79 Å². The molecule has 1 fully saturated rings. The largest absolute Gasteiger partial charge is 0.444 e. The van der Waals surface area contributed by atoms with E-state index in [0.717, 1.165) is 5.56 Å². The highest BCUT2D eigenvalue weighted by Gasteiger charge is 2.49. The van der Waals surface area contributed by atoms with Crippen LogP contribution in [0.4, 0.5) is 13.6 Å². The topological polar surface area (TPSA) is 124 Å². The summed E-state index contributed by atoms with van der Waals surface area (Å²) in [6.07, 6.45) is 6.46. The molecule has 2 atom stereocenters. The smallest absolute Gasteiger partial charge is 0.408 e. The molecular weight excluding hydrogens is 560 g/mol. The average Bonchev–Trinajstić information content (AvgIpc) is 3.52. The first-order valence-corrected chi connectivity index (χ1v) is 14.0. The second-order valence-electron chi connectivity index (χ2n) is 12.2. The Morgan fingerprint density at radius 2 is 1.88 bits per heavy atom. The molecule has 3 aromatic heterocycles. The van der Waals surface area contributed by atoms with Crippen molar-refractivity contribution in [1.82, 2.24) is 34.8 Å². The summed E-state index contributed by atoms with van der Waals surface area (Å²) in [5.74, 6) is -0.229. The Morgan fingerprint density at radius 3 is 2.56 bits per heavy atom. The van der Waals surface area contributed by atoms with Crippen molar-refractivity contribution in [2.24, 2.45) is 0 Å². The third kappa shape index (κ3) is 4.54. The number of nitrogens with one attached hydrogen (secondary N) is 1. The van der Waals surface area contributed by atoms with Crippen molar-refractivity contribution in [1.29, 1.82) is 0 Å². The van der Waals surface area contributed by atoms with E-state index in [1.165, 1.54) is 6.07 Å². The van der Waals surface area contributed by atoms with Gasteiger partial charge in [0.1, 0.15) is 16.9 Å². The van der Waals surface area contributed by atoms with Gasteiger partial charge in [0.15, 0.2) is 11.5 Å². The molecule has 0 spiro atoms. The van der Waals surface area contributed by atoms with Gasteiger partial charge in [0.25, 0.3) is 5.91 Å². The van der Waals surface area contributed by atoms with Gasteiger partial charge in [0.05, 0.1) is 17.4 Å². The molecule has 7 rings (SSSR count). The summed E-state index contributed by atoms with van der Waals surface area (Å²) in [7, 11) is 1.70. The summed E-state index contributed by atoms with van der Waals surface area (Å²) in [5, 5.41) is 7.66. The van der Waals surface area contributed by atoms with Crippen molar-refractivity contribution in [3.05, 3.63) is 71.1 Å². The summed E-state index contributed by atoms with van der Waals surface area (Å²) in [6, 6.07) is 6.09. The monoisotopic (exact) mass is 589 g/mol. The normalized spacial score (nSPS) is 20.1. The van der Waals surface area contributed by atoms with Gasteiger partial charge in [-0.15, -0.1) is 0 Å². The van der Waals surface area contributed by atoms with Crippen LogP contribution in [0, 0.1) is 0 Å². The fourth-order valence-corrected chi connectivity index (χ4v) is 6.12. The van der Waals surface area contributed by atoms with Gasteiger partial charge in [-0.2, -0.15) is 13.9 Å². The maximum absolute atomic E-state index is 13.4. The summed E-state index contributed by atoms with van der Waals surface area (Å²) in [6.45, 7) is 2.37. The number of fused-ring (bicyclic) bond motifs is 9. The van der Waals surface area contributed by atoms with Crippen LogP contribution in [-0.2, 0) is 10.3 Å². The highest BCUT2D eigenvalue weighted by atomic mass is 19.3. The number of ether oxygens (including phenoxy) is 2. The van der Waals surface area contributed by atoms with Crippen LogP contribution in [0.1, 0.15) is 85.0 Å². The lowest BCUT2D eigenvalue weighted by Gasteiger charge is -2.23. The third-order valence-corrected chi connectivity index (χ3v) is 8.19. The van der Waals surface area contributed by atoms with Crippen LogP contribution in [-0.4, -0.2) is 60.7 Å². The number of carbonyl (C=O) groups is 2. The Bertz CT molecular complexity index is 1780. The van der Waals surface area contributed by atoms with E-state index in [2.05, 4.69) is 15.3 Å². The number of carbonyl (C=O) groups excluding carboxylic acids is 2. The number of alkyl halides is 2. The van der Waals surface area contributed by atoms with Gasteiger partial charge in [0, 0.05) is 53.8 Å². The molecule has 13 heteroatoms. The number of alkyl carbamates (subject to hydrolysis) is 1. The molecule has 1 N–H and O–H groups in total. The second kappa shape index (κ2) is 9.41. The summed E-state index contributed by atoms with van der Waals surface area (Å²) < 4.78 is 38.7. The minimum atomic E-state index is -3.04. The Balaban J connectivity index is 1.25. The number of benzene rings is 1. The predicted octanol–water partition coefficient (Wildman–Crippen LogP) is 4.96. The van der Waals surface area contributed by atoms with E-state index in [9.17, 15) is 18.4 Å². The van der Waals surface area contributed by atoms with Crippen molar-refractivity contribution in [2.75, 3.05) is 7.05 Å². The molecule has 3 aliphatic rings. The predicted molar refractivity (Wildman–Crippen MR) is 149 cm³/mol. The van der Waals surface area contributed by atoms with Crippen molar-refractivity contribution in [3.8, 4) is 17.0 Å². The Labute approximate surface area is 245 Å². The van der Waals surface area contributed by atoms with Crippen molar-refractivity contribution in [3.63, 3.8) is 0 Å². The Kier molecular flexibility index (Phi) is 5.95. The fourth-order valence-electron chi connectivity index (χ4n) is 6.12. The van der Waals surface area contributed by atoms with Crippen molar-refractivity contribution >= 4 is 17.6 Å². The molecule has 0 unspecified atom stereocenters. The lowest BCUT2D eigenvalue weighted by Crippen LogP contribution is -2.40. The quantitative estimate of drug-likeness (QED) is 0.346. The zero-order valence-electron chi connectivity index (χ0n) is 24.0. The van der Waals surface area contributed by atoms with Gasteiger partial charge < -0.3 is 19.7 Å². The van der Waals surface area contributed by atoms with E-state index in [0.29, 0.717) is 58.8 Å². The second-order valence-corrected chi connectivity index (χ2v) is 12.2. The molecule has 4 heterocycles. The maximum atomic E-state index is 13.4. The van der Waals surface area contributed by atoms with E-state index in [1.807, 2.05) is 0 Å². The molecule has 0 radical (unpaired) electrons. The van der Waals surface area contributed by atoms with Crippen LogP contribution in [0.2, 0.25) is 0 Å². The van der Waals surface area contributed by atoms with Crippen LogP contribution >= 0.6 is 0 Å². The first-order chi connectivity index (χ1) is 20.4. The van der Waals surface area contributed by atoms with Crippen LogP contribution < -0.4 is 10.1 Å². The highest BCUT2D eigenvalue weighted by molar-refractivity contribution is 5.98. The number of amides is 2. The first kappa shape index (κ1) is 27.2. The number of halogens is 2. The lowest BCUT2D eigenvalue weighted by atomic mass is 9.89. The molecule has 1 saturated carbocycles. The zero-order valence-corrected chi connectivity index (χ0v) is 24.0. The van der Waals surface area contributed by atoms with Gasteiger partial charge >= 0.3 is 12.7 Å². The summed E-state index contributed by atoms with van der Waals surface area (Å²) in [5.41, 5.74) is 2.72. The molecule has 222 valence electrons. The van der Waals surface area contributed by atoms with E-state index in [1.54, 1.807) is 74.0 Å². The van der Waals surface area contributed by atoms with Crippen molar-refractivity contribution in [2.45, 2.75) is 69.7 Å². The molecule has 4 aromatic rings. The minimum absolute atomic E-state index is 0.0266. The van der Waals surface area contributed by atoms with Gasteiger partial charge in [-0.05, 0) is 58.2 Å². The molecule has 11 nitrogen and oxygen atoms in total. The van der Waals surface area contributed by atoms with Crippen LogP contribution in [0.5, 0.6) is 5.75 Å². The molecule has 2 aliphatic carbocycles. The standard InChI is InChI=1S/C30H29F2N7O4/c1-29(2,3)43-28(41)36-30(9-10-30)26-33-13-15(14-34-26)18-8-11-39-24(35-18)22-17-12-19(23(22)37-39)38(4)25(40)16-6-5-7-20(21(16)17)42-27(31)32/h5-8,11,13-14,17,19,27H,9-10,12H2,1-4H3,(H,36,41)/t17-,19-/m1/s1. The molecule has 1 aliphatic heterocycles. The molecule has 0 saturated heterocycles. The van der Waals surface area contributed by atoms with Gasteiger partial charge in [-0.25, -0.2) is 24.3 Å². The number of aromatic nitrogens is 5. The Morgan fingerprint density at radius 1 is 1.14 bits per heavy atom. The summed E-state index contributed by atoms with van der Waals surface area (Å²) in [4.78, 5) is 41.4. The molecular formula is C30H29F2N7O4. The fraction of sp³-hybridized carbons (Fsp3) is 0.400. The lowest BCUT2D eigenvalue weighted by molar-refractivity contribution is -0.0506. The third-order valence-electron chi connectivity index (χ3n) is 8.19. The minimum Gasteiger partial charge on any atom is -0.444 e. The molecule has 2 bridgehead atoms. The Hall–Kier alpha value is -4.68. The summed E-state index contributed by atoms with van der Waals surface area (Å²) >= 11 is 0. The number of hydrogen-bond acceptors (Lipinski definition) is 8. The van der Waals surface area contributed by atoms with Gasteiger partial charge in [0.2, 0.25) is 0 Å². The maximum Gasteiger partial charge on any atom is 0.408 e. The van der Waals surface area contributed by atoms with Crippen LogP contribution in [0.15, 0.2) is 42.9 Å². The van der Waals surface area contributed by atoms with Gasteiger partial charge in [-0.1, -0.05) is 6.07 Å². The number of rotatable bonds is 5. The highest BCUT2D eigenvalue weighted by Crippen LogP contribution is 2.53. The SMILES string of the molecule is CN1C(=O)c2cccc(OC(F)F)c2[C@H]2C[C@@H]1c1nn3ccc(-c4cnc(C5(NC(=O)OC(C)(C)C)CC5)nc4)nc3c12. The van der Waals surface area contributed by atoms with E-state index in [-0.39, 0.29) is 17.7 Å². The van der Waals surface area contributed by atoms with Crippen LogP contribution in [0.25, 0.3) is 16.9 Å². The molecule has 2 amide bonds. The first-order valence-electron chi connectivity index (χ1n) is 14.0. The number of hydrogen-bond donors (Lipinski definition) is 1. The average molecular weight is 590 g/mol. The van der Waals surface area contributed by atoms with E-state index >= 15 is 0 Å². The van der Waals surface area contributed by atoms with Crippen LogP contribution in [0.3, 0.4) is 0 Å². The van der Waals surface area contributed by atoms with Crippen molar-refractivity contribution < 1.29 is 27.8 Å². The number of nitrogens with zero attached hydrogens (tertiary/aromatic N) is 6. The molecule has 43 heavy (non-hydrogen) atoms. The zero-order chi connectivity index (χ0) is 30.3. The molecule has 1 aromatic carbocycles.